The summed E-state index contributed by atoms with van der Waals surface area (Å²) in [5.41, 5.74) is 0.623. The van der Waals surface area contributed by atoms with Crippen LogP contribution in [0.5, 0.6) is 5.75 Å². The molecule has 19 heavy (non-hydrogen) atoms. The summed E-state index contributed by atoms with van der Waals surface area (Å²) in [5.74, 6) is 1.19. The average molecular weight is 265 g/mol. The molecule has 1 aromatic carbocycles. The predicted octanol–water partition coefficient (Wildman–Crippen LogP) is 2.01. The highest BCUT2D eigenvalue weighted by molar-refractivity contribution is 5.64. The zero-order chi connectivity index (χ0) is 13.7. The van der Waals surface area contributed by atoms with Crippen LogP contribution in [-0.2, 0) is 0 Å². The maximum absolute atomic E-state index is 11.0. The number of benzene rings is 1. The molecule has 0 amide bonds. The smallest absolute Gasteiger partial charge is 0.292 e. The number of nitrogens with one attached hydrogen (secondary N) is 2. The third kappa shape index (κ3) is 3.57. The molecule has 2 rings (SSSR count). The number of rotatable bonds is 5. The van der Waals surface area contributed by atoms with Gasteiger partial charge >= 0.3 is 0 Å². The van der Waals surface area contributed by atoms with Crippen molar-refractivity contribution >= 4 is 11.4 Å². The number of nitro benzene ring substituents is 1. The highest BCUT2D eigenvalue weighted by Crippen LogP contribution is 2.29. The summed E-state index contributed by atoms with van der Waals surface area (Å²) in [6.45, 7) is 2.80. The van der Waals surface area contributed by atoms with Crippen molar-refractivity contribution in [2.75, 3.05) is 32.1 Å². The summed E-state index contributed by atoms with van der Waals surface area (Å²) in [5, 5.41) is 17.5. The van der Waals surface area contributed by atoms with E-state index in [9.17, 15) is 10.1 Å². The molecule has 6 nitrogen and oxygen atoms in total. The van der Waals surface area contributed by atoms with Crippen LogP contribution in [0.15, 0.2) is 18.2 Å². The van der Waals surface area contributed by atoms with Crippen LogP contribution in [-0.4, -0.2) is 31.7 Å². The fraction of sp³-hybridized carbons (Fsp3) is 0.538. The molecule has 0 saturated carbocycles. The van der Waals surface area contributed by atoms with E-state index in [0.717, 1.165) is 32.5 Å². The van der Waals surface area contributed by atoms with Crippen LogP contribution in [0.25, 0.3) is 0 Å². The highest BCUT2D eigenvalue weighted by Gasteiger charge is 2.17. The molecule has 6 heteroatoms. The molecule has 0 unspecified atom stereocenters. The van der Waals surface area contributed by atoms with Crippen LogP contribution < -0.4 is 15.4 Å². The van der Waals surface area contributed by atoms with E-state index < -0.39 is 0 Å². The van der Waals surface area contributed by atoms with Crippen LogP contribution >= 0.6 is 0 Å². The number of nitro groups is 1. The molecule has 0 bridgehead atoms. The first-order valence-electron chi connectivity index (χ1n) is 6.47. The molecule has 1 aliphatic rings. The largest absolute Gasteiger partial charge is 0.497 e. The topological polar surface area (TPSA) is 76.4 Å². The summed E-state index contributed by atoms with van der Waals surface area (Å²) in [7, 11) is 1.55. The first-order valence-corrected chi connectivity index (χ1v) is 6.47. The van der Waals surface area contributed by atoms with Crippen LogP contribution in [0.3, 0.4) is 0 Å². The Morgan fingerprint density at radius 3 is 2.84 bits per heavy atom. The molecule has 1 heterocycles. The molecular formula is C13H19N3O3. The molecule has 1 saturated heterocycles. The van der Waals surface area contributed by atoms with Crippen molar-refractivity contribution < 1.29 is 9.66 Å². The summed E-state index contributed by atoms with van der Waals surface area (Å²) < 4.78 is 5.11. The number of hydrogen-bond donors (Lipinski definition) is 2. The zero-order valence-corrected chi connectivity index (χ0v) is 11.0. The summed E-state index contributed by atoms with van der Waals surface area (Å²) in [6, 6.07) is 4.76. The molecule has 104 valence electrons. The van der Waals surface area contributed by atoms with Gasteiger partial charge in [0.2, 0.25) is 0 Å². The van der Waals surface area contributed by atoms with Gasteiger partial charge < -0.3 is 15.4 Å². The molecule has 0 radical (unpaired) electrons. The van der Waals surface area contributed by atoms with E-state index in [2.05, 4.69) is 10.6 Å². The van der Waals surface area contributed by atoms with Crippen LogP contribution in [0, 0.1) is 16.0 Å². The average Bonchev–Trinajstić information content (AvgIpc) is 2.45. The van der Waals surface area contributed by atoms with Gasteiger partial charge in [-0.05, 0) is 37.9 Å². The second-order valence-electron chi connectivity index (χ2n) is 4.71. The minimum atomic E-state index is -0.371. The fourth-order valence-electron chi connectivity index (χ4n) is 2.28. The number of anilines is 1. The second-order valence-corrected chi connectivity index (χ2v) is 4.71. The Balaban J connectivity index is 2.06. The lowest BCUT2D eigenvalue weighted by molar-refractivity contribution is -0.384. The Labute approximate surface area is 112 Å². The minimum Gasteiger partial charge on any atom is -0.497 e. The predicted molar refractivity (Wildman–Crippen MR) is 73.7 cm³/mol. The molecule has 1 aliphatic heterocycles. The third-order valence-corrected chi connectivity index (χ3v) is 3.44. The van der Waals surface area contributed by atoms with Gasteiger partial charge in [-0.25, -0.2) is 0 Å². The summed E-state index contributed by atoms with van der Waals surface area (Å²) in [4.78, 5) is 10.6. The van der Waals surface area contributed by atoms with Crippen molar-refractivity contribution in [1.82, 2.24) is 5.32 Å². The van der Waals surface area contributed by atoms with Crippen molar-refractivity contribution in [3.8, 4) is 5.75 Å². The fourth-order valence-corrected chi connectivity index (χ4v) is 2.28. The van der Waals surface area contributed by atoms with E-state index in [4.69, 9.17) is 4.74 Å². The lowest BCUT2D eigenvalue weighted by Gasteiger charge is -2.23. The maximum Gasteiger partial charge on any atom is 0.292 e. The van der Waals surface area contributed by atoms with Crippen molar-refractivity contribution in [1.29, 1.82) is 0 Å². The maximum atomic E-state index is 11.0. The van der Waals surface area contributed by atoms with Crippen molar-refractivity contribution in [2.45, 2.75) is 12.8 Å². The van der Waals surface area contributed by atoms with E-state index in [1.807, 2.05) is 0 Å². The SMILES string of the molecule is COc1ccc([N+](=O)[O-])c(NCC2CCNCC2)c1. The standard InChI is InChI=1S/C13H19N3O3/c1-19-11-2-3-13(16(17)18)12(8-11)15-9-10-4-6-14-7-5-10/h2-3,8,10,14-15H,4-7,9H2,1H3. The van der Waals surface area contributed by atoms with Gasteiger partial charge in [0.1, 0.15) is 11.4 Å². The molecule has 0 spiro atoms. The lowest BCUT2D eigenvalue weighted by Crippen LogP contribution is -2.31. The first-order chi connectivity index (χ1) is 9.20. The van der Waals surface area contributed by atoms with E-state index >= 15 is 0 Å². The van der Waals surface area contributed by atoms with Gasteiger partial charge in [-0.2, -0.15) is 0 Å². The number of piperidine rings is 1. The van der Waals surface area contributed by atoms with Crippen molar-refractivity contribution in [3.63, 3.8) is 0 Å². The van der Waals surface area contributed by atoms with E-state index in [1.54, 1.807) is 19.2 Å². The van der Waals surface area contributed by atoms with Gasteiger partial charge in [0.05, 0.1) is 12.0 Å². The highest BCUT2D eigenvalue weighted by atomic mass is 16.6. The molecule has 0 aromatic heterocycles. The zero-order valence-electron chi connectivity index (χ0n) is 11.0. The molecule has 0 aliphatic carbocycles. The number of methoxy groups -OCH3 is 1. The normalized spacial score (nSPS) is 16.1. The molecule has 1 fully saturated rings. The third-order valence-electron chi connectivity index (χ3n) is 3.44. The van der Waals surface area contributed by atoms with Gasteiger partial charge in [0.15, 0.2) is 0 Å². The summed E-state index contributed by atoms with van der Waals surface area (Å²) in [6.07, 6.45) is 2.20. The second kappa shape index (κ2) is 6.38. The molecule has 2 N–H and O–H groups in total. The van der Waals surface area contributed by atoms with Crippen molar-refractivity contribution in [3.05, 3.63) is 28.3 Å². The lowest BCUT2D eigenvalue weighted by atomic mass is 9.98. The van der Waals surface area contributed by atoms with Gasteiger partial charge in [-0.15, -0.1) is 0 Å². The number of hydrogen-bond acceptors (Lipinski definition) is 5. The Morgan fingerprint density at radius 2 is 2.21 bits per heavy atom. The Bertz CT molecular complexity index is 445. The number of ether oxygens (including phenoxy) is 1. The Morgan fingerprint density at radius 1 is 1.47 bits per heavy atom. The van der Waals surface area contributed by atoms with Gasteiger partial charge in [-0.1, -0.05) is 0 Å². The summed E-state index contributed by atoms with van der Waals surface area (Å²) >= 11 is 0. The van der Waals surface area contributed by atoms with Crippen LogP contribution in [0.4, 0.5) is 11.4 Å². The van der Waals surface area contributed by atoms with Gasteiger partial charge in [0, 0.05) is 18.7 Å². The van der Waals surface area contributed by atoms with E-state index in [-0.39, 0.29) is 10.6 Å². The molecule has 0 atom stereocenters. The molecular weight excluding hydrogens is 246 g/mol. The van der Waals surface area contributed by atoms with Gasteiger partial charge in [0.25, 0.3) is 5.69 Å². The van der Waals surface area contributed by atoms with Gasteiger partial charge in [-0.3, -0.25) is 10.1 Å². The van der Waals surface area contributed by atoms with E-state index in [0.29, 0.717) is 17.4 Å². The molecule has 1 aromatic rings. The number of nitrogens with zero attached hydrogens (tertiary/aromatic N) is 1. The van der Waals surface area contributed by atoms with Crippen molar-refractivity contribution in [2.24, 2.45) is 5.92 Å². The Hall–Kier alpha value is -1.82. The quantitative estimate of drug-likeness (QED) is 0.629. The van der Waals surface area contributed by atoms with Crippen LogP contribution in [0.1, 0.15) is 12.8 Å². The Kier molecular flexibility index (Phi) is 4.57. The minimum absolute atomic E-state index is 0.0923. The van der Waals surface area contributed by atoms with E-state index in [1.165, 1.54) is 6.07 Å². The van der Waals surface area contributed by atoms with Crippen LogP contribution in [0.2, 0.25) is 0 Å². The first kappa shape index (κ1) is 13.6. The monoisotopic (exact) mass is 265 g/mol.